The number of ether oxygens (including phenoxy) is 1. The van der Waals surface area contributed by atoms with Gasteiger partial charge in [0.2, 0.25) is 5.91 Å². The molecule has 0 aliphatic carbocycles. The molecular weight excluding hydrogens is 376 g/mol. The van der Waals surface area contributed by atoms with Crippen molar-refractivity contribution >= 4 is 27.5 Å². The van der Waals surface area contributed by atoms with Gasteiger partial charge in [-0.15, -0.1) is 11.3 Å². The lowest BCUT2D eigenvalue weighted by atomic mass is 10.2. The van der Waals surface area contributed by atoms with Crippen molar-refractivity contribution in [2.75, 3.05) is 39.3 Å². The maximum absolute atomic E-state index is 12.9. The van der Waals surface area contributed by atoms with Gasteiger partial charge in [0.25, 0.3) is 10.2 Å². The van der Waals surface area contributed by atoms with Crippen LogP contribution < -0.4 is 0 Å². The average Bonchev–Trinajstić information content (AvgIpc) is 2.99. The van der Waals surface area contributed by atoms with Crippen molar-refractivity contribution < 1.29 is 17.9 Å². The summed E-state index contributed by atoms with van der Waals surface area (Å²) in [7, 11) is -3.52. The van der Waals surface area contributed by atoms with Crippen LogP contribution >= 0.6 is 11.3 Å². The molecule has 0 spiro atoms. The Kier molecular flexibility index (Phi) is 5.97. The van der Waals surface area contributed by atoms with Crippen LogP contribution in [0.2, 0.25) is 0 Å². The molecule has 2 fully saturated rings. The molecule has 0 aromatic carbocycles. The fourth-order valence-electron chi connectivity index (χ4n) is 3.41. The number of piperazine rings is 1. The predicted molar refractivity (Wildman–Crippen MR) is 99.2 cm³/mol. The summed E-state index contributed by atoms with van der Waals surface area (Å²) in [5, 5.41) is 2.84. The van der Waals surface area contributed by atoms with Gasteiger partial charge in [-0.3, -0.25) is 4.79 Å². The van der Waals surface area contributed by atoms with E-state index in [0.29, 0.717) is 39.3 Å². The molecule has 2 saturated heterocycles. The lowest BCUT2D eigenvalue weighted by molar-refractivity contribution is -0.131. The zero-order valence-corrected chi connectivity index (χ0v) is 17.1. The number of hydrogen-bond donors (Lipinski definition) is 0. The Morgan fingerprint density at radius 2 is 1.81 bits per heavy atom. The Balaban J connectivity index is 1.56. The van der Waals surface area contributed by atoms with E-state index in [1.54, 1.807) is 4.90 Å². The quantitative estimate of drug-likeness (QED) is 0.732. The Labute approximate surface area is 158 Å². The van der Waals surface area contributed by atoms with Gasteiger partial charge < -0.3 is 9.64 Å². The highest BCUT2D eigenvalue weighted by molar-refractivity contribution is 7.86. The van der Waals surface area contributed by atoms with E-state index < -0.39 is 10.2 Å². The van der Waals surface area contributed by atoms with Crippen LogP contribution in [0, 0.1) is 6.92 Å². The standard InChI is InChI=1S/C16H26N4O4S2/c1-12-9-20(10-13(2)24-12)26(22,23)19-6-4-18(5-7-19)16(21)8-15-11-25-14(3)17-15/h11-13H,4-10H2,1-3H3. The second kappa shape index (κ2) is 7.89. The van der Waals surface area contributed by atoms with Gasteiger partial charge in [-0.05, 0) is 20.8 Å². The second-order valence-electron chi connectivity index (χ2n) is 6.90. The van der Waals surface area contributed by atoms with Crippen molar-refractivity contribution in [1.82, 2.24) is 18.5 Å². The summed E-state index contributed by atoms with van der Waals surface area (Å²) in [6, 6.07) is 0. The maximum Gasteiger partial charge on any atom is 0.282 e. The van der Waals surface area contributed by atoms with Gasteiger partial charge in [0.05, 0.1) is 29.3 Å². The van der Waals surface area contributed by atoms with Gasteiger partial charge in [0.1, 0.15) is 0 Å². The van der Waals surface area contributed by atoms with Crippen LogP contribution in [0.15, 0.2) is 5.38 Å². The molecule has 10 heteroatoms. The van der Waals surface area contributed by atoms with E-state index in [1.807, 2.05) is 26.2 Å². The monoisotopic (exact) mass is 402 g/mol. The maximum atomic E-state index is 12.9. The summed E-state index contributed by atoms with van der Waals surface area (Å²) in [6.45, 7) is 7.89. The SMILES string of the molecule is Cc1nc(CC(=O)N2CCN(S(=O)(=O)N3CC(C)OC(C)C3)CC2)cs1. The largest absolute Gasteiger partial charge is 0.373 e. The molecule has 0 radical (unpaired) electrons. The Morgan fingerprint density at radius 3 is 2.35 bits per heavy atom. The molecule has 2 aliphatic rings. The van der Waals surface area contributed by atoms with E-state index in [-0.39, 0.29) is 24.5 Å². The highest BCUT2D eigenvalue weighted by atomic mass is 32.2. The summed E-state index contributed by atoms with van der Waals surface area (Å²) < 4.78 is 34.4. The van der Waals surface area contributed by atoms with Crippen LogP contribution in [0.5, 0.6) is 0 Å². The Bertz CT molecular complexity index is 733. The van der Waals surface area contributed by atoms with Crippen molar-refractivity contribution in [3.8, 4) is 0 Å². The van der Waals surface area contributed by atoms with Gasteiger partial charge in [0.15, 0.2) is 0 Å². The number of carbonyl (C=O) groups excluding carboxylic acids is 1. The average molecular weight is 403 g/mol. The zero-order valence-electron chi connectivity index (χ0n) is 15.4. The third kappa shape index (κ3) is 4.42. The minimum absolute atomic E-state index is 0.000893. The number of hydrogen-bond acceptors (Lipinski definition) is 6. The number of amides is 1. The molecule has 0 N–H and O–H groups in total. The highest BCUT2D eigenvalue weighted by Crippen LogP contribution is 2.19. The van der Waals surface area contributed by atoms with Crippen molar-refractivity contribution in [1.29, 1.82) is 0 Å². The number of aryl methyl sites for hydroxylation is 1. The highest BCUT2D eigenvalue weighted by Gasteiger charge is 2.37. The predicted octanol–water partition coefficient (Wildman–Crippen LogP) is 0.492. The fraction of sp³-hybridized carbons (Fsp3) is 0.750. The van der Waals surface area contributed by atoms with E-state index in [2.05, 4.69) is 4.98 Å². The number of carbonyl (C=O) groups is 1. The molecule has 26 heavy (non-hydrogen) atoms. The first-order chi connectivity index (χ1) is 12.3. The van der Waals surface area contributed by atoms with Crippen molar-refractivity contribution in [2.45, 2.75) is 39.4 Å². The van der Waals surface area contributed by atoms with Gasteiger partial charge in [-0.1, -0.05) is 0 Å². The topological polar surface area (TPSA) is 83.1 Å². The van der Waals surface area contributed by atoms with E-state index in [1.165, 1.54) is 19.9 Å². The van der Waals surface area contributed by atoms with Crippen LogP contribution in [-0.4, -0.2) is 84.3 Å². The molecule has 0 saturated carbocycles. The lowest BCUT2D eigenvalue weighted by Crippen LogP contribution is -2.57. The molecule has 0 bridgehead atoms. The number of morpholine rings is 1. The van der Waals surface area contributed by atoms with Crippen LogP contribution in [0.1, 0.15) is 24.5 Å². The fourth-order valence-corrected chi connectivity index (χ4v) is 5.77. The van der Waals surface area contributed by atoms with Crippen LogP contribution in [0.4, 0.5) is 0 Å². The zero-order chi connectivity index (χ0) is 18.9. The second-order valence-corrected chi connectivity index (χ2v) is 9.89. The minimum Gasteiger partial charge on any atom is -0.373 e. The van der Waals surface area contributed by atoms with E-state index >= 15 is 0 Å². The third-order valence-corrected chi connectivity index (χ3v) is 7.42. The molecule has 2 unspecified atom stereocenters. The summed E-state index contributed by atoms with van der Waals surface area (Å²) in [6.07, 6.45) is 0.0474. The summed E-state index contributed by atoms with van der Waals surface area (Å²) in [5.74, 6) is 0.000893. The van der Waals surface area contributed by atoms with Crippen LogP contribution in [0.25, 0.3) is 0 Å². The molecule has 2 aliphatic heterocycles. The third-order valence-electron chi connectivity index (χ3n) is 4.63. The molecule has 1 amide bonds. The normalized spacial score (nSPS) is 26.2. The molecule has 2 atom stereocenters. The number of rotatable bonds is 4. The smallest absolute Gasteiger partial charge is 0.282 e. The summed E-state index contributed by atoms with van der Waals surface area (Å²) in [5.41, 5.74) is 0.781. The van der Waals surface area contributed by atoms with Gasteiger partial charge in [-0.2, -0.15) is 17.0 Å². The number of thiazole rings is 1. The lowest BCUT2D eigenvalue weighted by Gasteiger charge is -2.40. The first-order valence-electron chi connectivity index (χ1n) is 8.85. The number of nitrogens with zero attached hydrogens (tertiary/aromatic N) is 4. The molecule has 8 nitrogen and oxygen atoms in total. The van der Waals surface area contributed by atoms with Gasteiger partial charge in [-0.25, -0.2) is 4.98 Å². The van der Waals surface area contributed by atoms with E-state index in [0.717, 1.165) is 10.7 Å². The molecule has 1 aromatic rings. The van der Waals surface area contributed by atoms with Gasteiger partial charge >= 0.3 is 0 Å². The molecular formula is C16H26N4O4S2. The van der Waals surface area contributed by atoms with Crippen molar-refractivity contribution in [3.05, 3.63) is 16.1 Å². The van der Waals surface area contributed by atoms with Crippen LogP contribution in [0.3, 0.4) is 0 Å². The van der Waals surface area contributed by atoms with Crippen molar-refractivity contribution in [3.63, 3.8) is 0 Å². The first-order valence-corrected chi connectivity index (χ1v) is 11.1. The molecule has 146 valence electrons. The van der Waals surface area contributed by atoms with Crippen LogP contribution in [-0.2, 0) is 26.2 Å². The number of aromatic nitrogens is 1. The summed E-state index contributed by atoms with van der Waals surface area (Å²) >= 11 is 1.53. The Morgan fingerprint density at radius 1 is 1.19 bits per heavy atom. The van der Waals surface area contributed by atoms with E-state index in [4.69, 9.17) is 4.74 Å². The minimum atomic E-state index is -3.52. The molecule has 3 rings (SSSR count). The van der Waals surface area contributed by atoms with Crippen molar-refractivity contribution in [2.24, 2.45) is 0 Å². The van der Waals surface area contributed by atoms with E-state index in [9.17, 15) is 13.2 Å². The summed E-state index contributed by atoms with van der Waals surface area (Å²) in [4.78, 5) is 18.5. The van der Waals surface area contributed by atoms with Gasteiger partial charge in [0, 0.05) is 44.6 Å². The molecule has 3 heterocycles. The Hall–Kier alpha value is -1.07. The molecule has 1 aromatic heterocycles. The first kappa shape index (κ1) is 19.7.